The first kappa shape index (κ1) is 18.1. The van der Waals surface area contributed by atoms with Crippen molar-refractivity contribution in [2.45, 2.75) is 14.7 Å². The van der Waals surface area contributed by atoms with Crippen molar-refractivity contribution in [3.05, 3.63) is 60.2 Å². The van der Waals surface area contributed by atoms with E-state index in [2.05, 4.69) is 0 Å². The van der Waals surface area contributed by atoms with Crippen molar-refractivity contribution >= 4 is 16.9 Å². The highest BCUT2D eigenvalue weighted by Gasteiger charge is 2.45. The summed E-state index contributed by atoms with van der Waals surface area (Å²) < 4.78 is 16.6. The molecule has 6 nitrogen and oxygen atoms in total. The van der Waals surface area contributed by atoms with Crippen LogP contribution in [0.15, 0.2) is 69.3 Å². The quantitative estimate of drug-likeness (QED) is 0.499. The Labute approximate surface area is 164 Å². The monoisotopic (exact) mass is 397 g/mol. The van der Waals surface area contributed by atoms with E-state index in [1.54, 1.807) is 0 Å². The zero-order valence-corrected chi connectivity index (χ0v) is 15.9. The van der Waals surface area contributed by atoms with Gasteiger partial charge >= 0.3 is 5.97 Å². The molecule has 3 aromatic carbocycles. The van der Waals surface area contributed by atoms with E-state index in [0.717, 1.165) is 9.79 Å². The maximum absolute atomic E-state index is 12.1. The Bertz CT molecular complexity index is 1030. The molecular weight excluding hydrogens is 380 g/mol. The lowest BCUT2D eigenvalue weighted by atomic mass is 10.2. The average Bonchev–Trinajstić information content (AvgIpc) is 2.71. The molecule has 0 saturated carbocycles. The molecule has 0 aliphatic carbocycles. The number of ether oxygens (including phenoxy) is 3. The minimum Gasteiger partial charge on any atom is -0.502 e. The standard InChI is InChI=1S/C21H16O6S/c1-25-15-11-12(21(23)24)20(19(26-2)18(15)22)28-16-9-5-3-7-13(16)27-14-8-4-6-10-17(14)28/h3-11H,1-2H3,(H-,22,23,24)/p+1. The number of methoxy groups -OCH3 is 2. The molecule has 0 unspecified atom stereocenters. The topological polar surface area (TPSA) is 85.2 Å². The van der Waals surface area contributed by atoms with Crippen molar-refractivity contribution in [2.75, 3.05) is 14.2 Å². The number of phenols is 1. The van der Waals surface area contributed by atoms with Crippen molar-refractivity contribution in [1.29, 1.82) is 0 Å². The lowest BCUT2D eigenvalue weighted by Gasteiger charge is -2.22. The van der Waals surface area contributed by atoms with Gasteiger partial charge in [-0.15, -0.1) is 0 Å². The number of rotatable bonds is 4. The van der Waals surface area contributed by atoms with Crippen LogP contribution in [0, 0.1) is 0 Å². The Morgan fingerprint density at radius 3 is 2.04 bits per heavy atom. The number of hydrogen-bond donors (Lipinski definition) is 2. The van der Waals surface area contributed by atoms with Gasteiger partial charge in [0.15, 0.2) is 17.2 Å². The number of aromatic hydroxyl groups is 1. The van der Waals surface area contributed by atoms with Gasteiger partial charge in [-0.25, -0.2) is 4.79 Å². The first-order valence-corrected chi connectivity index (χ1v) is 9.60. The van der Waals surface area contributed by atoms with Gasteiger partial charge in [0.25, 0.3) is 0 Å². The molecule has 4 rings (SSSR count). The Morgan fingerprint density at radius 2 is 1.54 bits per heavy atom. The predicted octanol–water partition coefficient (Wildman–Crippen LogP) is 4.31. The van der Waals surface area contributed by atoms with Crippen LogP contribution in [0.4, 0.5) is 0 Å². The largest absolute Gasteiger partial charge is 0.502 e. The van der Waals surface area contributed by atoms with E-state index in [9.17, 15) is 15.0 Å². The van der Waals surface area contributed by atoms with Crippen LogP contribution in [-0.2, 0) is 10.9 Å². The lowest BCUT2D eigenvalue weighted by Crippen LogP contribution is -2.17. The normalized spacial score (nSPS) is 12.5. The fraction of sp³-hybridized carbons (Fsp3) is 0.0952. The molecule has 28 heavy (non-hydrogen) atoms. The Kier molecular flexibility index (Phi) is 4.52. The zero-order valence-electron chi connectivity index (χ0n) is 15.1. The molecule has 1 aliphatic rings. The van der Waals surface area contributed by atoms with Crippen LogP contribution in [0.2, 0.25) is 0 Å². The minimum atomic E-state index is -1.14. The van der Waals surface area contributed by atoms with Crippen LogP contribution in [0.1, 0.15) is 10.4 Å². The van der Waals surface area contributed by atoms with Gasteiger partial charge in [-0.05, 0) is 24.3 Å². The molecule has 0 aromatic heterocycles. The van der Waals surface area contributed by atoms with E-state index in [1.165, 1.54) is 20.3 Å². The Balaban J connectivity index is 2.10. The van der Waals surface area contributed by atoms with Crippen molar-refractivity contribution in [2.24, 2.45) is 0 Å². The van der Waals surface area contributed by atoms with Crippen LogP contribution in [0.25, 0.3) is 0 Å². The third-order valence-corrected chi connectivity index (χ3v) is 6.76. The molecular formula is C21H17O6S+. The van der Waals surface area contributed by atoms with E-state index in [0.29, 0.717) is 16.4 Å². The number of hydrogen-bond acceptors (Lipinski definition) is 5. The smallest absolute Gasteiger partial charge is 0.341 e. The summed E-state index contributed by atoms with van der Waals surface area (Å²) in [7, 11) is 1.89. The number of carbonyl (C=O) groups is 1. The SMILES string of the molecule is COc1cc(C(=O)O)c([S+]2c3ccccc3Oc3ccccc32)c(OC)c1O. The second-order valence-corrected chi connectivity index (χ2v) is 7.84. The van der Waals surface area contributed by atoms with Crippen LogP contribution in [0.3, 0.4) is 0 Å². The van der Waals surface area contributed by atoms with Crippen LogP contribution < -0.4 is 14.2 Å². The van der Waals surface area contributed by atoms with E-state index >= 15 is 0 Å². The summed E-state index contributed by atoms with van der Waals surface area (Å²) >= 11 is 0. The van der Waals surface area contributed by atoms with Crippen LogP contribution in [0.5, 0.6) is 28.7 Å². The highest BCUT2D eigenvalue weighted by atomic mass is 32.2. The van der Waals surface area contributed by atoms with Gasteiger partial charge in [-0.3, -0.25) is 0 Å². The first-order valence-electron chi connectivity index (χ1n) is 8.38. The highest BCUT2D eigenvalue weighted by molar-refractivity contribution is 7.97. The van der Waals surface area contributed by atoms with Crippen molar-refractivity contribution in [1.82, 2.24) is 0 Å². The molecule has 0 bridgehead atoms. The summed E-state index contributed by atoms with van der Waals surface area (Å²) in [6.45, 7) is 0. The molecule has 0 atom stereocenters. The second-order valence-electron chi connectivity index (χ2n) is 5.94. The fourth-order valence-corrected chi connectivity index (χ4v) is 5.64. The summed E-state index contributed by atoms with van der Waals surface area (Å²) in [5.74, 6) is 0.0130. The molecule has 1 aliphatic heterocycles. The summed E-state index contributed by atoms with van der Waals surface area (Å²) in [4.78, 5) is 14.1. The van der Waals surface area contributed by atoms with Gasteiger partial charge in [0.05, 0.1) is 14.2 Å². The molecule has 0 spiro atoms. The molecule has 2 N–H and O–H groups in total. The van der Waals surface area contributed by atoms with E-state index in [-0.39, 0.29) is 22.8 Å². The van der Waals surface area contributed by atoms with Crippen molar-refractivity contribution in [3.8, 4) is 28.7 Å². The number of phenolic OH excluding ortho intramolecular Hbond substituents is 1. The molecule has 0 saturated heterocycles. The molecule has 0 amide bonds. The number of para-hydroxylation sites is 2. The summed E-state index contributed by atoms with van der Waals surface area (Å²) in [6, 6.07) is 16.2. The number of benzene rings is 3. The Morgan fingerprint density at radius 1 is 0.964 bits per heavy atom. The zero-order chi connectivity index (χ0) is 19.8. The molecule has 7 heteroatoms. The molecule has 142 valence electrons. The highest BCUT2D eigenvalue weighted by Crippen LogP contribution is 2.53. The third-order valence-electron chi connectivity index (χ3n) is 4.39. The summed E-state index contributed by atoms with van der Waals surface area (Å²) in [6.07, 6.45) is 0. The number of carboxylic acids is 1. The minimum absolute atomic E-state index is 0.00124. The van der Waals surface area contributed by atoms with Gasteiger partial charge in [-0.1, -0.05) is 24.3 Å². The average molecular weight is 397 g/mol. The summed E-state index contributed by atoms with van der Waals surface area (Å²) in [5, 5.41) is 20.5. The van der Waals surface area contributed by atoms with Gasteiger partial charge in [0, 0.05) is 6.07 Å². The second kappa shape index (κ2) is 7.01. The van der Waals surface area contributed by atoms with Gasteiger partial charge in [0.1, 0.15) is 16.5 Å². The van der Waals surface area contributed by atoms with Crippen LogP contribution >= 0.6 is 0 Å². The van der Waals surface area contributed by atoms with Crippen LogP contribution in [-0.4, -0.2) is 30.4 Å². The first-order chi connectivity index (χ1) is 13.6. The van der Waals surface area contributed by atoms with Gasteiger partial charge in [-0.2, -0.15) is 0 Å². The lowest BCUT2D eigenvalue weighted by molar-refractivity contribution is 0.0691. The van der Waals surface area contributed by atoms with Gasteiger partial charge in [0.2, 0.25) is 26.2 Å². The number of aromatic carboxylic acids is 1. The molecule has 1 heterocycles. The maximum Gasteiger partial charge on any atom is 0.341 e. The summed E-state index contributed by atoms with van der Waals surface area (Å²) in [5.41, 5.74) is 0.00124. The molecule has 3 aromatic rings. The molecule has 0 radical (unpaired) electrons. The maximum atomic E-state index is 12.1. The number of carboxylic acid groups (broad SMARTS) is 1. The fourth-order valence-electron chi connectivity index (χ4n) is 3.18. The predicted molar refractivity (Wildman–Crippen MR) is 103 cm³/mol. The van der Waals surface area contributed by atoms with E-state index in [4.69, 9.17) is 14.2 Å². The Hall–Kier alpha value is -3.32. The number of fused-ring (bicyclic) bond motifs is 2. The van der Waals surface area contributed by atoms with Crippen molar-refractivity contribution in [3.63, 3.8) is 0 Å². The van der Waals surface area contributed by atoms with E-state index in [1.807, 2.05) is 48.5 Å². The molecule has 0 fully saturated rings. The van der Waals surface area contributed by atoms with Crippen molar-refractivity contribution < 1.29 is 29.2 Å². The van der Waals surface area contributed by atoms with E-state index < -0.39 is 16.9 Å². The third kappa shape index (κ3) is 2.71. The van der Waals surface area contributed by atoms with Gasteiger partial charge < -0.3 is 24.4 Å².